The monoisotopic (exact) mass is 214 g/mol. The van der Waals surface area contributed by atoms with Gasteiger partial charge in [-0.2, -0.15) is 5.26 Å². The highest BCUT2D eigenvalue weighted by atomic mass is 32.1. The summed E-state index contributed by atoms with van der Waals surface area (Å²) in [4.78, 5) is 5.10. The minimum atomic E-state index is 0.696. The molecule has 0 saturated heterocycles. The number of rotatable bonds is 1. The second kappa shape index (κ2) is 3.84. The van der Waals surface area contributed by atoms with Crippen molar-refractivity contribution in [2.24, 2.45) is 0 Å². The summed E-state index contributed by atoms with van der Waals surface area (Å²) in [6.07, 6.45) is 0. The molecule has 74 valence electrons. The third-order valence-electron chi connectivity index (χ3n) is 2.24. The van der Waals surface area contributed by atoms with Crippen molar-refractivity contribution in [1.82, 2.24) is 4.98 Å². The molecule has 0 atom stereocenters. The van der Waals surface area contributed by atoms with Gasteiger partial charge in [-0.25, -0.2) is 4.98 Å². The van der Waals surface area contributed by atoms with E-state index in [9.17, 15) is 0 Å². The fourth-order valence-electron chi connectivity index (χ4n) is 1.52. The SMILES string of the molecule is Cc1nc(-c2ccccc2C)c(C#N)s1. The first-order chi connectivity index (χ1) is 7.22. The second-order valence-corrected chi connectivity index (χ2v) is 4.54. The lowest BCUT2D eigenvalue weighted by Gasteiger charge is -2.01. The summed E-state index contributed by atoms with van der Waals surface area (Å²) in [5.74, 6) is 0. The van der Waals surface area contributed by atoms with Crippen molar-refractivity contribution in [2.45, 2.75) is 13.8 Å². The van der Waals surface area contributed by atoms with Crippen LogP contribution in [0.2, 0.25) is 0 Å². The zero-order valence-electron chi connectivity index (χ0n) is 8.61. The first-order valence-electron chi connectivity index (χ1n) is 4.66. The fourth-order valence-corrected chi connectivity index (χ4v) is 2.25. The molecule has 15 heavy (non-hydrogen) atoms. The maximum absolute atomic E-state index is 9.00. The van der Waals surface area contributed by atoms with E-state index in [2.05, 4.69) is 11.1 Å². The number of thiazole rings is 1. The quantitative estimate of drug-likeness (QED) is 0.730. The molecule has 0 spiro atoms. The van der Waals surface area contributed by atoms with Crippen LogP contribution < -0.4 is 0 Å². The van der Waals surface area contributed by atoms with Gasteiger partial charge in [0.25, 0.3) is 0 Å². The van der Waals surface area contributed by atoms with E-state index in [4.69, 9.17) is 5.26 Å². The molecular weight excluding hydrogens is 204 g/mol. The summed E-state index contributed by atoms with van der Waals surface area (Å²) in [6, 6.07) is 10.2. The summed E-state index contributed by atoms with van der Waals surface area (Å²) in [6.45, 7) is 3.96. The molecule has 2 aromatic rings. The van der Waals surface area contributed by atoms with Crippen molar-refractivity contribution in [3.05, 3.63) is 39.7 Å². The van der Waals surface area contributed by atoms with Crippen LogP contribution in [-0.4, -0.2) is 4.98 Å². The van der Waals surface area contributed by atoms with Crippen LogP contribution in [0.15, 0.2) is 24.3 Å². The maximum Gasteiger partial charge on any atom is 0.132 e. The van der Waals surface area contributed by atoms with E-state index < -0.39 is 0 Å². The lowest BCUT2D eigenvalue weighted by molar-refractivity contribution is 1.28. The second-order valence-electron chi connectivity index (χ2n) is 3.34. The van der Waals surface area contributed by atoms with Crippen LogP contribution in [0, 0.1) is 25.2 Å². The smallest absolute Gasteiger partial charge is 0.132 e. The molecule has 0 unspecified atom stereocenters. The zero-order chi connectivity index (χ0) is 10.8. The summed E-state index contributed by atoms with van der Waals surface area (Å²) in [7, 11) is 0. The van der Waals surface area contributed by atoms with E-state index in [0.29, 0.717) is 4.88 Å². The Morgan fingerprint density at radius 2 is 2.00 bits per heavy atom. The minimum Gasteiger partial charge on any atom is -0.240 e. The predicted molar refractivity (Wildman–Crippen MR) is 61.7 cm³/mol. The summed E-state index contributed by atoms with van der Waals surface area (Å²) in [5.41, 5.74) is 3.02. The number of hydrogen-bond donors (Lipinski definition) is 0. The molecule has 0 saturated carbocycles. The van der Waals surface area contributed by atoms with Crippen LogP contribution >= 0.6 is 11.3 Å². The molecular formula is C12H10N2S. The molecule has 0 fully saturated rings. The molecule has 3 heteroatoms. The van der Waals surface area contributed by atoms with E-state index in [-0.39, 0.29) is 0 Å². The summed E-state index contributed by atoms with van der Waals surface area (Å²) < 4.78 is 0. The molecule has 0 aliphatic rings. The van der Waals surface area contributed by atoms with Crippen molar-refractivity contribution in [1.29, 1.82) is 5.26 Å². The molecule has 0 amide bonds. The first-order valence-corrected chi connectivity index (χ1v) is 5.47. The zero-order valence-corrected chi connectivity index (χ0v) is 9.43. The molecule has 2 nitrogen and oxygen atoms in total. The Labute approximate surface area is 92.8 Å². The molecule has 0 radical (unpaired) electrons. The average molecular weight is 214 g/mol. The molecule has 1 heterocycles. The van der Waals surface area contributed by atoms with Crippen LogP contribution in [0.25, 0.3) is 11.3 Å². The molecule has 0 aliphatic carbocycles. The Morgan fingerprint density at radius 3 is 2.67 bits per heavy atom. The number of nitriles is 1. The molecule has 0 bridgehead atoms. The van der Waals surface area contributed by atoms with E-state index >= 15 is 0 Å². The Kier molecular flexibility index (Phi) is 2.53. The van der Waals surface area contributed by atoms with Crippen molar-refractivity contribution in [3.63, 3.8) is 0 Å². The van der Waals surface area contributed by atoms with Crippen molar-refractivity contribution < 1.29 is 0 Å². The average Bonchev–Trinajstić information content (AvgIpc) is 2.60. The van der Waals surface area contributed by atoms with Gasteiger partial charge in [0.1, 0.15) is 10.9 Å². The van der Waals surface area contributed by atoms with Gasteiger partial charge in [0, 0.05) is 5.56 Å². The van der Waals surface area contributed by atoms with Gasteiger partial charge in [-0.3, -0.25) is 0 Å². The van der Waals surface area contributed by atoms with Gasteiger partial charge in [-0.05, 0) is 19.4 Å². The maximum atomic E-state index is 9.00. The number of aromatic nitrogens is 1. The Bertz CT molecular complexity index is 535. The topological polar surface area (TPSA) is 36.7 Å². The van der Waals surface area contributed by atoms with E-state index in [0.717, 1.165) is 21.8 Å². The number of nitrogens with zero attached hydrogens (tertiary/aromatic N) is 2. The van der Waals surface area contributed by atoms with Gasteiger partial charge in [-0.1, -0.05) is 24.3 Å². The van der Waals surface area contributed by atoms with Crippen molar-refractivity contribution in [3.8, 4) is 17.3 Å². The third-order valence-corrected chi connectivity index (χ3v) is 3.11. The van der Waals surface area contributed by atoms with Gasteiger partial charge in [0.15, 0.2) is 0 Å². The van der Waals surface area contributed by atoms with E-state index in [1.54, 1.807) is 0 Å². The molecule has 0 N–H and O–H groups in total. The van der Waals surface area contributed by atoms with Crippen LogP contribution in [0.5, 0.6) is 0 Å². The largest absolute Gasteiger partial charge is 0.240 e. The van der Waals surface area contributed by atoms with Gasteiger partial charge >= 0.3 is 0 Å². The first kappa shape index (κ1) is 9.88. The van der Waals surface area contributed by atoms with Gasteiger partial charge in [0.05, 0.1) is 10.7 Å². The minimum absolute atomic E-state index is 0.696. The van der Waals surface area contributed by atoms with Crippen LogP contribution in [0.1, 0.15) is 15.4 Å². The standard InChI is InChI=1S/C12H10N2S/c1-8-5-3-4-6-10(8)12-11(7-13)15-9(2)14-12/h3-6H,1-2H3. The van der Waals surface area contributed by atoms with Crippen molar-refractivity contribution >= 4 is 11.3 Å². The van der Waals surface area contributed by atoms with Crippen LogP contribution in [0.3, 0.4) is 0 Å². The Balaban J connectivity index is 2.65. The van der Waals surface area contributed by atoms with Crippen LogP contribution in [-0.2, 0) is 0 Å². The molecule has 1 aromatic carbocycles. The lowest BCUT2D eigenvalue weighted by Crippen LogP contribution is -1.85. The van der Waals surface area contributed by atoms with Gasteiger partial charge < -0.3 is 0 Å². The summed E-state index contributed by atoms with van der Waals surface area (Å²) in [5, 5.41) is 9.94. The number of benzene rings is 1. The summed E-state index contributed by atoms with van der Waals surface area (Å²) >= 11 is 1.45. The Morgan fingerprint density at radius 1 is 1.27 bits per heavy atom. The third kappa shape index (κ3) is 1.77. The lowest BCUT2D eigenvalue weighted by atomic mass is 10.1. The van der Waals surface area contributed by atoms with Gasteiger partial charge in [0.2, 0.25) is 0 Å². The highest BCUT2D eigenvalue weighted by Crippen LogP contribution is 2.29. The number of aryl methyl sites for hydroxylation is 2. The molecule has 1 aromatic heterocycles. The van der Waals surface area contributed by atoms with Gasteiger partial charge in [-0.15, -0.1) is 11.3 Å². The highest BCUT2D eigenvalue weighted by molar-refractivity contribution is 7.12. The normalized spacial score (nSPS) is 9.93. The van der Waals surface area contributed by atoms with E-state index in [1.807, 2.05) is 38.1 Å². The number of hydrogen-bond acceptors (Lipinski definition) is 3. The fraction of sp³-hybridized carbons (Fsp3) is 0.167. The predicted octanol–water partition coefficient (Wildman–Crippen LogP) is 3.30. The highest BCUT2D eigenvalue weighted by Gasteiger charge is 2.11. The molecule has 0 aliphatic heterocycles. The molecule has 2 rings (SSSR count). The van der Waals surface area contributed by atoms with E-state index in [1.165, 1.54) is 11.3 Å². The van der Waals surface area contributed by atoms with Crippen molar-refractivity contribution in [2.75, 3.05) is 0 Å². The van der Waals surface area contributed by atoms with Crippen LogP contribution in [0.4, 0.5) is 0 Å². The Hall–Kier alpha value is -1.66.